The Hall–Kier alpha value is -1.59. The fourth-order valence-electron chi connectivity index (χ4n) is 1.60. The van der Waals surface area contributed by atoms with Crippen molar-refractivity contribution in [3.63, 3.8) is 0 Å². The van der Waals surface area contributed by atoms with Gasteiger partial charge < -0.3 is 18.9 Å². The zero-order valence-electron chi connectivity index (χ0n) is 11.6. The zero-order valence-corrected chi connectivity index (χ0v) is 11.6. The summed E-state index contributed by atoms with van der Waals surface area (Å²) in [5, 5.41) is 0. The minimum atomic E-state index is -0.0900. The van der Waals surface area contributed by atoms with Crippen molar-refractivity contribution in [2.45, 2.75) is 6.92 Å². The van der Waals surface area contributed by atoms with E-state index in [0.29, 0.717) is 43.5 Å². The highest BCUT2D eigenvalue weighted by molar-refractivity contribution is 5.99. The van der Waals surface area contributed by atoms with Crippen molar-refractivity contribution in [2.24, 2.45) is 0 Å². The maximum atomic E-state index is 11.6. The molecule has 1 aromatic rings. The summed E-state index contributed by atoms with van der Waals surface area (Å²) < 4.78 is 20.9. The van der Waals surface area contributed by atoms with Gasteiger partial charge in [0.05, 0.1) is 26.9 Å². The van der Waals surface area contributed by atoms with E-state index in [4.69, 9.17) is 18.9 Å². The van der Waals surface area contributed by atoms with E-state index in [0.717, 1.165) is 0 Å². The van der Waals surface area contributed by atoms with Crippen LogP contribution in [0, 0.1) is 0 Å². The van der Waals surface area contributed by atoms with Gasteiger partial charge in [-0.2, -0.15) is 0 Å². The van der Waals surface area contributed by atoms with Gasteiger partial charge >= 0.3 is 0 Å². The number of methoxy groups -OCH3 is 2. The van der Waals surface area contributed by atoms with Crippen LogP contribution in [0.25, 0.3) is 0 Å². The molecular weight excluding hydrogens is 248 g/mol. The van der Waals surface area contributed by atoms with Gasteiger partial charge in [-0.25, -0.2) is 0 Å². The lowest BCUT2D eigenvalue weighted by Crippen LogP contribution is -2.11. The topological polar surface area (TPSA) is 54.0 Å². The molecule has 0 aromatic heterocycles. The largest absolute Gasteiger partial charge is 0.496 e. The second-order valence-electron chi connectivity index (χ2n) is 3.84. The summed E-state index contributed by atoms with van der Waals surface area (Å²) in [6.07, 6.45) is 0. The lowest BCUT2D eigenvalue weighted by atomic mass is 10.1. The van der Waals surface area contributed by atoms with E-state index < -0.39 is 0 Å². The molecule has 0 atom stereocenters. The number of hydrogen-bond acceptors (Lipinski definition) is 5. The predicted octanol–water partition coefficient (Wildman–Crippen LogP) is 1.94. The van der Waals surface area contributed by atoms with E-state index in [2.05, 4.69) is 0 Å². The molecule has 0 heterocycles. The highest BCUT2D eigenvalue weighted by Gasteiger charge is 2.14. The standard InChI is InChI=1S/C14H20O5/c1-11(15)14-12(17-3)5-4-6-13(14)19-10-9-18-8-7-16-2/h4-6H,7-10H2,1-3H3. The molecule has 0 radical (unpaired) electrons. The number of benzene rings is 1. The summed E-state index contributed by atoms with van der Waals surface area (Å²) in [6, 6.07) is 5.26. The number of hydrogen-bond donors (Lipinski definition) is 0. The van der Waals surface area contributed by atoms with E-state index in [1.165, 1.54) is 14.0 Å². The first-order valence-electron chi connectivity index (χ1n) is 6.08. The Labute approximate surface area is 113 Å². The monoisotopic (exact) mass is 268 g/mol. The second-order valence-corrected chi connectivity index (χ2v) is 3.84. The van der Waals surface area contributed by atoms with Crippen LogP contribution in [0.3, 0.4) is 0 Å². The van der Waals surface area contributed by atoms with E-state index >= 15 is 0 Å². The second kappa shape index (κ2) is 8.50. The van der Waals surface area contributed by atoms with Crippen molar-refractivity contribution in [3.05, 3.63) is 23.8 Å². The minimum Gasteiger partial charge on any atom is -0.496 e. The number of rotatable bonds is 9. The average molecular weight is 268 g/mol. The molecule has 1 rings (SSSR count). The molecule has 0 saturated carbocycles. The summed E-state index contributed by atoms with van der Waals surface area (Å²) in [4.78, 5) is 11.6. The molecule has 0 amide bonds. The van der Waals surface area contributed by atoms with Gasteiger partial charge in [0.15, 0.2) is 5.78 Å². The molecule has 0 saturated heterocycles. The fourth-order valence-corrected chi connectivity index (χ4v) is 1.60. The molecule has 0 fully saturated rings. The van der Waals surface area contributed by atoms with Crippen LogP contribution in [0.4, 0.5) is 0 Å². The van der Waals surface area contributed by atoms with Gasteiger partial charge in [-0.05, 0) is 19.1 Å². The molecule has 0 aliphatic rings. The van der Waals surface area contributed by atoms with Crippen LogP contribution in [0.5, 0.6) is 11.5 Å². The summed E-state index contributed by atoms with van der Waals surface area (Å²) >= 11 is 0. The summed E-state index contributed by atoms with van der Waals surface area (Å²) in [5.41, 5.74) is 0.460. The Kier molecular flexibility index (Phi) is 6.92. The Morgan fingerprint density at radius 3 is 2.37 bits per heavy atom. The summed E-state index contributed by atoms with van der Waals surface area (Å²) in [5.74, 6) is 0.945. The molecule has 5 nitrogen and oxygen atoms in total. The molecule has 0 aliphatic heterocycles. The molecule has 19 heavy (non-hydrogen) atoms. The van der Waals surface area contributed by atoms with E-state index in [1.807, 2.05) is 0 Å². The van der Waals surface area contributed by atoms with E-state index in [1.54, 1.807) is 25.3 Å². The third kappa shape index (κ3) is 4.89. The molecule has 0 unspecified atom stereocenters. The van der Waals surface area contributed by atoms with Crippen LogP contribution in [-0.2, 0) is 9.47 Å². The molecule has 0 bridgehead atoms. The highest BCUT2D eigenvalue weighted by atomic mass is 16.5. The third-order valence-electron chi connectivity index (χ3n) is 2.48. The molecule has 106 valence electrons. The number of carbonyl (C=O) groups excluding carboxylic acids is 1. The molecule has 0 N–H and O–H groups in total. The molecule has 0 aliphatic carbocycles. The summed E-state index contributed by atoms with van der Waals surface area (Å²) in [6.45, 7) is 3.38. The van der Waals surface area contributed by atoms with Gasteiger partial charge in [0.2, 0.25) is 0 Å². The van der Waals surface area contributed by atoms with Crippen LogP contribution in [0.15, 0.2) is 18.2 Å². The van der Waals surface area contributed by atoms with Crippen molar-refractivity contribution in [2.75, 3.05) is 40.6 Å². The van der Waals surface area contributed by atoms with Crippen LogP contribution >= 0.6 is 0 Å². The van der Waals surface area contributed by atoms with Gasteiger partial charge in [-0.1, -0.05) is 6.07 Å². The van der Waals surface area contributed by atoms with Gasteiger partial charge in [0.25, 0.3) is 0 Å². The average Bonchev–Trinajstić information content (AvgIpc) is 2.42. The van der Waals surface area contributed by atoms with Crippen LogP contribution in [0.1, 0.15) is 17.3 Å². The fraction of sp³-hybridized carbons (Fsp3) is 0.500. The zero-order chi connectivity index (χ0) is 14.1. The van der Waals surface area contributed by atoms with E-state index in [9.17, 15) is 4.79 Å². The first kappa shape index (κ1) is 15.5. The molecule has 1 aromatic carbocycles. The van der Waals surface area contributed by atoms with Crippen LogP contribution in [-0.4, -0.2) is 46.4 Å². The first-order chi connectivity index (χ1) is 9.20. The Balaban J connectivity index is 2.55. The Morgan fingerprint density at radius 1 is 1.05 bits per heavy atom. The van der Waals surface area contributed by atoms with Crippen LogP contribution < -0.4 is 9.47 Å². The number of carbonyl (C=O) groups is 1. The highest BCUT2D eigenvalue weighted by Crippen LogP contribution is 2.28. The summed E-state index contributed by atoms with van der Waals surface area (Å²) in [7, 11) is 3.15. The number of ether oxygens (including phenoxy) is 4. The number of ketones is 1. The SMILES string of the molecule is COCCOCCOc1cccc(OC)c1C(C)=O. The van der Waals surface area contributed by atoms with Crippen molar-refractivity contribution in [1.82, 2.24) is 0 Å². The van der Waals surface area contributed by atoms with Gasteiger partial charge in [-0.15, -0.1) is 0 Å². The maximum absolute atomic E-state index is 11.6. The lowest BCUT2D eigenvalue weighted by molar-refractivity contribution is 0.0541. The maximum Gasteiger partial charge on any atom is 0.167 e. The van der Waals surface area contributed by atoms with Gasteiger partial charge in [0, 0.05) is 7.11 Å². The van der Waals surface area contributed by atoms with Crippen molar-refractivity contribution in [3.8, 4) is 11.5 Å². The normalized spacial score (nSPS) is 10.3. The van der Waals surface area contributed by atoms with E-state index in [-0.39, 0.29) is 5.78 Å². The Morgan fingerprint density at radius 2 is 1.74 bits per heavy atom. The van der Waals surface area contributed by atoms with Crippen molar-refractivity contribution in [1.29, 1.82) is 0 Å². The minimum absolute atomic E-state index is 0.0900. The number of Topliss-reactive ketones (excluding diaryl/α,β-unsaturated/α-hetero) is 1. The predicted molar refractivity (Wildman–Crippen MR) is 71.2 cm³/mol. The molecular formula is C14H20O5. The Bertz CT molecular complexity index is 403. The lowest BCUT2D eigenvalue weighted by Gasteiger charge is -2.13. The first-order valence-corrected chi connectivity index (χ1v) is 6.08. The molecule has 5 heteroatoms. The molecule has 0 spiro atoms. The third-order valence-corrected chi connectivity index (χ3v) is 2.48. The smallest absolute Gasteiger partial charge is 0.167 e. The van der Waals surface area contributed by atoms with Crippen molar-refractivity contribution >= 4 is 5.78 Å². The van der Waals surface area contributed by atoms with Crippen molar-refractivity contribution < 1.29 is 23.7 Å². The van der Waals surface area contributed by atoms with Gasteiger partial charge in [-0.3, -0.25) is 4.79 Å². The van der Waals surface area contributed by atoms with Crippen LogP contribution in [0.2, 0.25) is 0 Å². The quantitative estimate of drug-likeness (QED) is 0.506. The van der Waals surface area contributed by atoms with Gasteiger partial charge in [0.1, 0.15) is 23.7 Å².